The summed E-state index contributed by atoms with van der Waals surface area (Å²) in [5, 5.41) is 27.1. The second-order valence-electron chi connectivity index (χ2n) is 9.57. The summed E-state index contributed by atoms with van der Waals surface area (Å²) in [7, 11) is 0. The number of nitrogens with one attached hydrogen (secondary N) is 3. The molecule has 2 aliphatic heterocycles. The molecule has 2 amide bonds. The molecule has 2 aromatic rings. The normalized spacial score (nSPS) is 25.1. The van der Waals surface area contributed by atoms with Gasteiger partial charge in [0.15, 0.2) is 0 Å². The average Bonchev–Trinajstić information content (AvgIpc) is 3.31. The quantitative estimate of drug-likeness (QED) is 0.337. The van der Waals surface area contributed by atoms with Gasteiger partial charge in [0, 0.05) is 24.2 Å². The molecule has 2 aliphatic rings. The first-order valence-corrected chi connectivity index (χ1v) is 12.5. The summed E-state index contributed by atoms with van der Waals surface area (Å²) in [4.78, 5) is 27.4. The van der Waals surface area contributed by atoms with E-state index in [0.29, 0.717) is 16.8 Å². The van der Waals surface area contributed by atoms with Crippen LogP contribution >= 0.6 is 23.2 Å². The number of hydrogen-bond donors (Lipinski definition) is 5. The minimum absolute atomic E-state index is 0.0585. The number of rotatable bonds is 7. The van der Waals surface area contributed by atoms with E-state index in [4.69, 9.17) is 28.3 Å². The van der Waals surface area contributed by atoms with E-state index in [9.17, 15) is 23.5 Å². The molecule has 1 spiro atoms. The fraction of sp³-hybridized carbons (Fsp3) is 0.385. The SMILES string of the molecule is CC(C)=C[C@H]1N[C@@H](C(=O)NCC[C@H](O)CO)[C@H](c2ccc(F)c(Cl)c2)[C@@]12C(=O)Nc1cc(Cl)c(F)cc12. The molecule has 37 heavy (non-hydrogen) atoms. The Morgan fingerprint density at radius 2 is 1.89 bits per heavy atom. The van der Waals surface area contributed by atoms with Gasteiger partial charge in [0.1, 0.15) is 17.0 Å². The fourth-order valence-electron chi connectivity index (χ4n) is 5.30. The number of aliphatic hydroxyl groups is 2. The Kier molecular flexibility index (Phi) is 7.92. The summed E-state index contributed by atoms with van der Waals surface area (Å²) in [6, 6.07) is 4.71. The van der Waals surface area contributed by atoms with Gasteiger partial charge in [-0.3, -0.25) is 14.9 Å². The van der Waals surface area contributed by atoms with E-state index in [0.717, 1.165) is 11.6 Å². The van der Waals surface area contributed by atoms with Crippen LogP contribution in [-0.2, 0) is 15.0 Å². The third-order valence-electron chi connectivity index (χ3n) is 6.88. The summed E-state index contributed by atoms with van der Waals surface area (Å²) in [5.41, 5.74) is 0.362. The van der Waals surface area contributed by atoms with Gasteiger partial charge < -0.3 is 20.8 Å². The molecule has 7 nitrogen and oxygen atoms in total. The highest BCUT2D eigenvalue weighted by atomic mass is 35.5. The molecule has 0 radical (unpaired) electrons. The minimum Gasteiger partial charge on any atom is -0.394 e. The number of carbonyl (C=O) groups excluding carboxylic acids is 2. The third-order valence-corrected chi connectivity index (χ3v) is 7.46. The first kappa shape index (κ1) is 27.5. The van der Waals surface area contributed by atoms with Crippen molar-refractivity contribution >= 4 is 40.7 Å². The van der Waals surface area contributed by atoms with Crippen LogP contribution in [-0.4, -0.2) is 53.4 Å². The number of halogens is 4. The van der Waals surface area contributed by atoms with E-state index in [1.54, 1.807) is 6.08 Å². The maximum atomic E-state index is 14.8. The van der Waals surface area contributed by atoms with Crippen molar-refractivity contribution in [1.29, 1.82) is 0 Å². The fourth-order valence-corrected chi connectivity index (χ4v) is 5.65. The summed E-state index contributed by atoms with van der Waals surface area (Å²) < 4.78 is 28.9. The van der Waals surface area contributed by atoms with Crippen LogP contribution in [0.4, 0.5) is 14.5 Å². The Balaban J connectivity index is 1.91. The van der Waals surface area contributed by atoms with Crippen molar-refractivity contribution in [1.82, 2.24) is 10.6 Å². The van der Waals surface area contributed by atoms with Gasteiger partial charge in [0.05, 0.1) is 28.8 Å². The van der Waals surface area contributed by atoms with E-state index in [2.05, 4.69) is 16.0 Å². The first-order valence-electron chi connectivity index (χ1n) is 11.7. The van der Waals surface area contributed by atoms with E-state index >= 15 is 0 Å². The lowest BCUT2D eigenvalue weighted by Gasteiger charge is -2.34. The summed E-state index contributed by atoms with van der Waals surface area (Å²) in [6.45, 7) is 3.27. The minimum atomic E-state index is -1.51. The van der Waals surface area contributed by atoms with E-state index in [-0.39, 0.29) is 23.0 Å². The second kappa shape index (κ2) is 10.7. The molecule has 0 unspecified atom stereocenters. The van der Waals surface area contributed by atoms with Crippen LogP contribution in [0, 0.1) is 11.6 Å². The molecule has 11 heteroatoms. The van der Waals surface area contributed by atoms with E-state index < -0.39 is 59.6 Å². The molecule has 5 N–H and O–H groups in total. The predicted molar refractivity (Wildman–Crippen MR) is 137 cm³/mol. The van der Waals surface area contributed by atoms with Crippen molar-refractivity contribution in [3.63, 3.8) is 0 Å². The largest absolute Gasteiger partial charge is 0.394 e. The van der Waals surface area contributed by atoms with Crippen LogP contribution in [0.1, 0.15) is 37.3 Å². The van der Waals surface area contributed by atoms with Crippen molar-refractivity contribution in [2.75, 3.05) is 18.5 Å². The number of hydrogen-bond acceptors (Lipinski definition) is 5. The maximum absolute atomic E-state index is 14.8. The number of benzene rings is 2. The van der Waals surface area contributed by atoms with Crippen LogP contribution in [0.3, 0.4) is 0 Å². The van der Waals surface area contributed by atoms with Gasteiger partial charge in [-0.25, -0.2) is 8.78 Å². The Bertz CT molecular complexity index is 1270. The standard InChI is InChI=1S/C26H27Cl2F2N3O4/c1-12(2)7-21-26(15-9-19(30)17(28)10-20(15)32-25(26)37)22(13-3-4-18(29)16(27)8-13)23(33-21)24(36)31-6-5-14(35)11-34/h3-4,7-10,14,21-23,33-35H,5-6,11H2,1-2H3,(H,31,36)(H,32,37)/t14-,21+,22-,23+,26-/m0/s1. The van der Waals surface area contributed by atoms with Crippen LogP contribution in [0.5, 0.6) is 0 Å². The van der Waals surface area contributed by atoms with Crippen molar-refractivity contribution in [3.8, 4) is 0 Å². The lowest BCUT2D eigenvalue weighted by atomic mass is 9.64. The number of aliphatic hydroxyl groups excluding tert-OH is 2. The lowest BCUT2D eigenvalue weighted by molar-refractivity contribution is -0.123. The van der Waals surface area contributed by atoms with Gasteiger partial charge in [-0.1, -0.05) is 40.9 Å². The molecule has 2 heterocycles. The van der Waals surface area contributed by atoms with Crippen molar-refractivity contribution in [2.24, 2.45) is 0 Å². The molecule has 2 aromatic carbocycles. The Morgan fingerprint density at radius 1 is 1.19 bits per heavy atom. The molecule has 1 fully saturated rings. The summed E-state index contributed by atoms with van der Waals surface area (Å²) in [6.07, 6.45) is 0.896. The Morgan fingerprint density at radius 3 is 2.54 bits per heavy atom. The zero-order chi connectivity index (χ0) is 27.1. The maximum Gasteiger partial charge on any atom is 0.237 e. The summed E-state index contributed by atoms with van der Waals surface area (Å²) in [5.74, 6) is -3.30. The molecule has 0 bridgehead atoms. The van der Waals surface area contributed by atoms with Crippen LogP contribution in [0.15, 0.2) is 42.0 Å². The van der Waals surface area contributed by atoms with Crippen molar-refractivity contribution < 1.29 is 28.6 Å². The highest BCUT2D eigenvalue weighted by Gasteiger charge is 2.65. The average molecular weight is 554 g/mol. The monoisotopic (exact) mass is 553 g/mol. The third kappa shape index (κ3) is 4.86. The van der Waals surface area contributed by atoms with Gasteiger partial charge in [0.25, 0.3) is 0 Å². The Labute approximate surface area is 222 Å². The molecule has 0 aliphatic carbocycles. The number of fused-ring (bicyclic) bond motifs is 2. The van der Waals surface area contributed by atoms with E-state index in [1.165, 1.54) is 24.3 Å². The number of amides is 2. The molecular weight excluding hydrogens is 527 g/mol. The molecule has 0 saturated carbocycles. The van der Waals surface area contributed by atoms with Crippen molar-refractivity contribution in [3.05, 3.63) is 74.8 Å². The molecule has 1 saturated heterocycles. The van der Waals surface area contributed by atoms with Crippen LogP contribution in [0.25, 0.3) is 0 Å². The molecular formula is C26H27Cl2F2N3O4. The molecule has 4 rings (SSSR count). The lowest BCUT2D eigenvalue weighted by Crippen LogP contribution is -2.47. The van der Waals surface area contributed by atoms with Gasteiger partial charge >= 0.3 is 0 Å². The first-order chi connectivity index (χ1) is 17.5. The van der Waals surface area contributed by atoms with Gasteiger partial charge in [-0.15, -0.1) is 0 Å². The van der Waals surface area contributed by atoms with Gasteiger partial charge in [-0.2, -0.15) is 0 Å². The van der Waals surface area contributed by atoms with Crippen LogP contribution < -0.4 is 16.0 Å². The second-order valence-corrected chi connectivity index (χ2v) is 10.4. The predicted octanol–water partition coefficient (Wildman–Crippen LogP) is 3.41. The molecule has 0 aromatic heterocycles. The van der Waals surface area contributed by atoms with Gasteiger partial charge in [-0.05, 0) is 55.7 Å². The molecule has 198 valence electrons. The number of carbonyl (C=O) groups is 2. The van der Waals surface area contributed by atoms with Gasteiger partial charge in [0.2, 0.25) is 11.8 Å². The Hall–Kier alpha value is -2.56. The topological polar surface area (TPSA) is 111 Å². The summed E-state index contributed by atoms with van der Waals surface area (Å²) >= 11 is 12.1. The molecule has 5 atom stereocenters. The smallest absolute Gasteiger partial charge is 0.237 e. The number of anilines is 1. The highest BCUT2D eigenvalue weighted by molar-refractivity contribution is 6.31. The zero-order valence-corrected chi connectivity index (χ0v) is 21.6. The van der Waals surface area contributed by atoms with Crippen LogP contribution in [0.2, 0.25) is 10.0 Å². The number of allylic oxidation sites excluding steroid dienone is 1. The van der Waals surface area contributed by atoms with Crippen molar-refractivity contribution in [2.45, 2.75) is 49.8 Å². The zero-order valence-electron chi connectivity index (χ0n) is 20.1. The highest BCUT2D eigenvalue weighted by Crippen LogP contribution is 2.55. The van der Waals surface area contributed by atoms with E-state index in [1.807, 2.05) is 13.8 Å².